The van der Waals surface area contributed by atoms with Crippen LogP contribution >= 0.6 is 0 Å². The third-order valence-corrected chi connectivity index (χ3v) is 1.87. The summed E-state index contributed by atoms with van der Waals surface area (Å²) in [6, 6.07) is 3.24. The lowest BCUT2D eigenvalue weighted by atomic mass is 10.0. The van der Waals surface area contributed by atoms with Crippen molar-refractivity contribution in [1.82, 2.24) is 20.1 Å². The first-order chi connectivity index (χ1) is 9.72. The van der Waals surface area contributed by atoms with Gasteiger partial charge in [-0.1, -0.05) is 34.6 Å². The SMILES string of the molecule is CC(C)(C)C.CCC(=O)On1nnc2cccnc2c1=O. The second-order valence-corrected chi connectivity index (χ2v) is 5.96. The maximum absolute atomic E-state index is 11.7. The second kappa shape index (κ2) is 6.92. The summed E-state index contributed by atoms with van der Waals surface area (Å²) in [5.41, 5.74) is 0.366. The molecule has 21 heavy (non-hydrogen) atoms. The lowest BCUT2D eigenvalue weighted by Gasteiger charge is -2.05. The van der Waals surface area contributed by atoms with Gasteiger partial charge >= 0.3 is 11.5 Å². The molecule has 2 aromatic heterocycles. The zero-order valence-electron chi connectivity index (χ0n) is 13.0. The van der Waals surface area contributed by atoms with E-state index in [-0.39, 0.29) is 11.9 Å². The molecule has 0 bridgehead atoms. The molecule has 0 saturated heterocycles. The van der Waals surface area contributed by atoms with Gasteiger partial charge in [-0.05, 0) is 27.6 Å². The molecule has 0 fully saturated rings. The molecule has 114 valence electrons. The number of nitrogens with zero attached hydrogens (tertiary/aromatic N) is 4. The van der Waals surface area contributed by atoms with Crippen LogP contribution < -0.4 is 10.4 Å². The molecule has 0 aliphatic heterocycles. The Morgan fingerprint density at radius 3 is 2.52 bits per heavy atom. The Bertz CT molecular complexity index is 668. The summed E-state index contributed by atoms with van der Waals surface area (Å²) in [7, 11) is 0. The molecule has 0 unspecified atom stereocenters. The van der Waals surface area contributed by atoms with E-state index >= 15 is 0 Å². The minimum absolute atomic E-state index is 0.112. The highest BCUT2D eigenvalue weighted by atomic mass is 16.7. The first-order valence-electron chi connectivity index (χ1n) is 6.64. The van der Waals surface area contributed by atoms with Crippen LogP contribution in [0.5, 0.6) is 0 Å². The van der Waals surface area contributed by atoms with Crippen LogP contribution in [0.2, 0.25) is 0 Å². The zero-order chi connectivity index (χ0) is 16.0. The predicted octanol–water partition coefficient (Wildman–Crippen LogP) is 1.60. The fourth-order valence-electron chi connectivity index (χ4n) is 1.08. The van der Waals surface area contributed by atoms with Crippen molar-refractivity contribution in [1.29, 1.82) is 0 Å². The van der Waals surface area contributed by atoms with E-state index in [1.165, 1.54) is 6.20 Å². The highest BCUT2D eigenvalue weighted by Gasteiger charge is 2.09. The minimum atomic E-state index is -0.604. The molecule has 0 aliphatic rings. The van der Waals surface area contributed by atoms with E-state index in [2.05, 4.69) is 47.8 Å². The highest BCUT2D eigenvalue weighted by Crippen LogP contribution is 2.08. The molecule has 0 aliphatic carbocycles. The number of rotatable bonds is 2. The molecule has 0 saturated carbocycles. The molecular weight excluding hydrogens is 272 g/mol. The Hall–Kier alpha value is -2.31. The maximum atomic E-state index is 11.7. The molecule has 2 rings (SSSR count). The molecule has 0 N–H and O–H groups in total. The van der Waals surface area contributed by atoms with Gasteiger partial charge in [-0.25, -0.2) is 9.78 Å². The minimum Gasteiger partial charge on any atom is -0.314 e. The molecular formula is C14H20N4O3. The van der Waals surface area contributed by atoms with E-state index in [9.17, 15) is 9.59 Å². The van der Waals surface area contributed by atoms with Gasteiger partial charge in [0.25, 0.3) is 0 Å². The van der Waals surface area contributed by atoms with Gasteiger partial charge in [0.05, 0.1) is 0 Å². The van der Waals surface area contributed by atoms with Gasteiger partial charge in [0.2, 0.25) is 0 Å². The van der Waals surface area contributed by atoms with Crippen molar-refractivity contribution in [2.24, 2.45) is 5.41 Å². The van der Waals surface area contributed by atoms with Crippen molar-refractivity contribution in [3.05, 3.63) is 28.7 Å². The smallest absolute Gasteiger partial charge is 0.314 e. The van der Waals surface area contributed by atoms with Gasteiger partial charge in [0.1, 0.15) is 5.52 Å². The first-order valence-corrected chi connectivity index (χ1v) is 6.64. The van der Waals surface area contributed by atoms with Crippen LogP contribution in [0, 0.1) is 5.41 Å². The van der Waals surface area contributed by atoms with Gasteiger partial charge in [-0.15, -0.1) is 5.10 Å². The number of carbonyl (C=O) groups excluding carboxylic acids is 1. The van der Waals surface area contributed by atoms with E-state index in [4.69, 9.17) is 0 Å². The van der Waals surface area contributed by atoms with Crippen molar-refractivity contribution >= 4 is 17.0 Å². The van der Waals surface area contributed by atoms with Gasteiger partial charge in [-0.3, -0.25) is 4.79 Å². The van der Waals surface area contributed by atoms with Crippen molar-refractivity contribution in [3.8, 4) is 0 Å². The zero-order valence-corrected chi connectivity index (χ0v) is 13.0. The van der Waals surface area contributed by atoms with E-state index in [0.717, 1.165) is 0 Å². The molecule has 2 aromatic rings. The monoisotopic (exact) mass is 292 g/mol. The van der Waals surface area contributed by atoms with E-state index in [0.29, 0.717) is 15.8 Å². The summed E-state index contributed by atoms with van der Waals surface area (Å²) in [6.07, 6.45) is 1.60. The Morgan fingerprint density at radius 2 is 1.95 bits per heavy atom. The molecule has 0 aromatic carbocycles. The van der Waals surface area contributed by atoms with Crippen LogP contribution in [0.1, 0.15) is 41.0 Å². The quantitative estimate of drug-likeness (QED) is 0.781. The van der Waals surface area contributed by atoms with Crippen LogP contribution in [0.3, 0.4) is 0 Å². The molecule has 0 atom stereocenters. The number of carbonyl (C=O) groups is 1. The maximum Gasteiger partial charge on any atom is 0.334 e. The van der Waals surface area contributed by atoms with Crippen molar-refractivity contribution in [2.45, 2.75) is 41.0 Å². The summed E-state index contributed by atoms with van der Waals surface area (Å²) in [5.74, 6) is -0.563. The lowest BCUT2D eigenvalue weighted by Crippen LogP contribution is -2.33. The van der Waals surface area contributed by atoms with E-state index < -0.39 is 11.5 Å². The summed E-state index contributed by atoms with van der Waals surface area (Å²) in [6.45, 7) is 10.4. The fraction of sp³-hybridized carbons (Fsp3) is 0.500. The second-order valence-electron chi connectivity index (χ2n) is 5.96. The van der Waals surface area contributed by atoms with Gasteiger partial charge in [0, 0.05) is 12.6 Å². The third kappa shape index (κ3) is 5.68. The van der Waals surface area contributed by atoms with Gasteiger partial charge < -0.3 is 4.84 Å². The Kier molecular flexibility index (Phi) is 5.52. The number of fused-ring (bicyclic) bond motifs is 1. The van der Waals surface area contributed by atoms with Gasteiger partial charge in [0.15, 0.2) is 5.52 Å². The largest absolute Gasteiger partial charge is 0.334 e. The summed E-state index contributed by atoms with van der Waals surface area (Å²) >= 11 is 0. The molecule has 7 heteroatoms. The van der Waals surface area contributed by atoms with Crippen LogP contribution in [0.25, 0.3) is 11.0 Å². The number of hydrogen-bond donors (Lipinski definition) is 0. The highest BCUT2D eigenvalue weighted by molar-refractivity contribution is 5.72. The fourth-order valence-corrected chi connectivity index (χ4v) is 1.08. The van der Waals surface area contributed by atoms with E-state index in [1.807, 2.05) is 0 Å². The standard InChI is InChI=1S/C9H8N4O3.C5H12/c1-2-7(14)16-13-9(15)8-6(11-12-13)4-3-5-10-8;1-5(2,3)4/h3-5H,2H2,1H3;1-4H3. The van der Waals surface area contributed by atoms with Crippen LogP contribution in [0.4, 0.5) is 0 Å². The Labute approximate surface area is 122 Å². The van der Waals surface area contributed by atoms with Crippen molar-refractivity contribution in [3.63, 3.8) is 0 Å². The number of aromatic nitrogens is 4. The molecule has 0 amide bonds. The summed E-state index contributed by atoms with van der Waals surface area (Å²) in [5, 5.41) is 7.17. The normalized spacial score (nSPS) is 10.7. The summed E-state index contributed by atoms with van der Waals surface area (Å²) in [4.78, 5) is 31.7. The number of hydrogen-bond acceptors (Lipinski definition) is 6. The average Bonchev–Trinajstić information content (AvgIpc) is 2.40. The van der Waals surface area contributed by atoms with Gasteiger partial charge in [-0.2, -0.15) is 0 Å². The van der Waals surface area contributed by atoms with Crippen LogP contribution in [-0.2, 0) is 4.79 Å². The first kappa shape index (κ1) is 16.7. The number of pyridine rings is 1. The molecule has 0 spiro atoms. The van der Waals surface area contributed by atoms with Crippen LogP contribution in [0.15, 0.2) is 23.1 Å². The molecule has 0 radical (unpaired) electrons. The average molecular weight is 292 g/mol. The molecule has 7 nitrogen and oxygen atoms in total. The third-order valence-electron chi connectivity index (χ3n) is 1.87. The van der Waals surface area contributed by atoms with E-state index in [1.54, 1.807) is 19.1 Å². The summed E-state index contributed by atoms with van der Waals surface area (Å²) < 4.78 is 0. The van der Waals surface area contributed by atoms with Crippen molar-refractivity contribution < 1.29 is 9.63 Å². The van der Waals surface area contributed by atoms with Crippen molar-refractivity contribution in [2.75, 3.05) is 0 Å². The lowest BCUT2D eigenvalue weighted by molar-refractivity contribution is -0.146. The molecule has 2 heterocycles. The Morgan fingerprint density at radius 1 is 1.33 bits per heavy atom. The predicted molar refractivity (Wildman–Crippen MR) is 78.6 cm³/mol. The van der Waals surface area contributed by atoms with Crippen LogP contribution in [-0.4, -0.2) is 26.1 Å². The Balaban J connectivity index is 0.000000383. The topological polar surface area (TPSA) is 87.0 Å².